The molecule has 6 nitrogen and oxygen atoms in total. The van der Waals surface area contributed by atoms with E-state index >= 15 is 0 Å². The fourth-order valence-electron chi connectivity index (χ4n) is 2.67. The van der Waals surface area contributed by atoms with Crippen LogP contribution in [0.15, 0.2) is 4.99 Å². The van der Waals surface area contributed by atoms with Gasteiger partial charge in [-0.25, -0.2) is 8.42 Å². The second-order valence-electron chi connectivity index (χ2n) is 6.26. The minimum absolute atomic E-state index is 0. The summed E-state index contributed by atoms with van der Waals surface area (Å²) >= 11 is 0. The van der Waals surface area contributed by atoms with Crippen molar-refractivity contribution < 1.29 is 21.6 Å². The second-order valence-corrected chi connectivity index (χ2v) is 8.19. The van der Waals surface area contributed by atoms with Crippen LogP contribution in [0.3, 0.4) is 0 Å². The summed E-state index contributed by atoms with van der Waals surface area (Å²) in [6.07, 6.45) is 4.24. The Hall–Kier alpha value is -0.300. The van der Waals surface area contributed by atoms with Crippen LogP contribution in [-0.2, 0) is 10.0 Å². The summed E-state index contributed by atoms with van der Waals surface area (Å²) in [7, 11) is -5.22. The highest BCUT2D eigenvalue weighted by Gasteiger charge is 2.50. The summed E-state index contributed by atoms with van der Waals surface area (Å²) in [6, 6.07) is -0.0802. The molecule has 148 valence electrons. The van der Waals surface area contributed by atoms with Gasteiger partial charge in [-0.05, 0) is 32.1 Å². The SMILES string of the molecule is CCNC(=NCCC1CC1)NC1CCN(S(=O)(=O)C(F)(F)F)CC1.I. The van der Waals surface area contributed by atoms with Crippen molar-refractivity contribution in [2.24, 2.45) is 10.9 Å². The Bertz CT molecular complexity index is 545. The normalized spacial score (nSPS) is 20.9. The lowest BCUT2D eigenvalue weighted by atomic mass is 10.1. The van der Waals surface area contributed by atoms with Crippen molar-refractivity contribution in [3.05, 3.63) is 0 Å². The van der Waals surface area contributed by atoms with Gasteiger partial charge in [-0.2, -0.15) is 17.5 Å². The molecule has 0 aromatic heterocycles. The number of halogens is 4. The number of nitrogens with zero attached hydrogens (tertiary/aromatic N) is 2. The van der Waals surface area contributed by atoms with Gasteiger partial charge >= 0.3 is 15.5 Å². The summed E-state index contributed by atoms with van der Waals surface area (Å²) in [5.41, 5.74) is -5.23. The highest BCUT2D eigenvalue weighted by molar-refractivity contribution is 14.0. The first-order valence-electron chi connectivity index (χ1n) is 8.35. The third kappa shape index (κ3) is 6.74. The first-order valence-corrected chi connectivity index (χ1v) is 9.79. The number of rotatable bonds is 6. The van der Waals surface area contributed by atoms with E-state index in [4.69, 9.17) is 0 Å². The summed E-state index contributed by atoms with van der Waals surface area (Å²) in [4.78, 5) is 4.48. The number of hydrogen-bond donors (Lipinski definition) is 2. The van der Waals surface area contributed by atoms with Gasteiger partial charge in [0.15, 0.2) is 5.96 Å². The molecule has 0 aromatic rings. The molecule has 11 heteroatoms. The fourth-order valence-corrected chi connectivity index (χ4v) is 3.65. The predicted octanol–water partition coefficient (Wildman–Crippen LogP) is 2.27. The van der Waals surface area contributed by atoms with E-state index in [0.29, 0.717) is 29.7 Å². The van der Waals surface area contributed by atoms with Gasteiger partial charge in [0.05, 0.1) is 0 Å². The molecule has 0 unspecified atom stereocenters. The standard InChI is InChI=1S/C14H25F3N4O2S.HI/c1-2-18-13(19-8-5-11-3-4-11)20-12-6-9-21(10-7-12)24(22,23)14(15,16)17;/h11-12H,2-10H2,1H3,(H2,18,19,20);1H. The zero-order valence-corrected chi connectivity index (χ0v) is 17.3. The summed E-state index contributed by atoms with van der Waals surface area (Å²) in [5.74, 6) is 1.43. The molecule has 0 atom stereocenters. The molecule has 1 saturated heterocycles. The zero-order chi connectivity index (χ0) is 17.8. The molecule has 0 radical (unpaired) electrons. The molecule has 0 amide bonds. The van der Waals surface area contributed by atoms with E-state index in [9.17, 15) is 21.6 Å². The third-order valence-electron chi connectivity index (χ3n) is 4.28. The molecule has 2 fully saturated rings. The van der Waals surface area contributed by atoms with Crippen LogP contribution in [-0.4, -0.2) is 56.4 Å². The molecule has 1 heterocycles. The topological polar surface area (TPSA) is 73.8 Å². The van der Waals surface area contributed by atoms with Gasteiger partial charge in [0.1, 0.15) is 0 Å². The van der Waals surface area contributed by atoms with E-state index in [0.717, 1.165) is 18.9 Å². The van der Waals surface area contributed by atoms with Gasteiger partial charge < -0.3 is 10.6 Å². The smallest absolute Gasteiger partial charge is 0.357 e. The zero-order valence-electron chi connectivity index (χ0n) is 14.2. The van der Waals surface area contributed by atoms with Crippen molar-refractivity contribution >= 4 is 40.0 Å². The lowest BCUT2D eigenvalue weighted by Crippen LogP contribution is -2.51. The molecule has 1 aliphatic carbocycles. The second kappa shape index (κ2) is 9.58. The Balaban J connectivity index is 0.00000312. The molecule has 2 N–H and O–H groups in total. The van der Waals surface area contributed by atoms with Crippen molar-refractivity contribution in [3.8, 4) is 0 Å². The highest BCUT2D eigenvalue weighted by atomic mass is 127. The molecule has 1 saturated carbocycles. The van der Waals surface area contributed by atoms with Gasteiger partial charge in [-0.1, -0.05) is 12.8 Å². The van der Waals surface area contributed by atoms with Crippen LogP contribution < -0.4 is 10.6 Å². The van der Waals surface area contributed by atoms with E-state index in [2.05, 4.69) is 15.6 Å². The van der Waals surface area contributed by atoms with E-state index < -0.39 is 15.5 Å². The van der Waals surface area contributed by atoms with Crippen molar-refractivity contribution in [3.63, 3.8) is 0 Å². The number of aliphatic imine (C=N–C) groups is 1. The lowest BCUT2D eigenvalue weighted by molar-refractivity contribution is -0.0494. The third-order valence-corrected chi connectivity index (χ3v) is 5.91. The number of hydrogen-bond acceptors (Lipinski definition) is 3. The van der Waals surface area contributed by atoms with Crippen molar-refractivity contribution in [2.75, 3.05) is 26.2 Å². The number of nitrogens with one attached hydrogen (secondary N) is 2. The summed E-state index contributed by atoms with van der Waals surface area (Å²) in [5, 5.41) is 6.31. The van der Waals surface area contributed by atoms with Crippen LogP contribution in [0.1, 0.15) is 39.0 Å². The fraction of sp³-hybridized carbons (Fsp3) is 0.929. The monoisotopic (exact) mass is 498 g/mol. The van der Waals surface area contributed by atoms with Crippen molar-refractivity contribution in [2.45, 2.75) is 50.6 Å². The van der Waals surface area contributed by atoms with Gasteiger partial charge in [-0.3, -0.25) is 4.99 Å². The molecule has 25 heavy (non-hydrogen) atoms. The van der Waals surface area contributed by atoms with E-state index in [1.807, 2.05) is 6.92 Å². The Morgan fingerprint density at radius 3 is 2.28 bits per heavy atom. The van der Waals surface area contributed by atoms with Crippen LogP contribution in [0, 0.1) is 5.92 Å². The predicted molar refractivity (Wildman–Crippen MR) is 101 cm³/mol. The van der Waals surface area contributed by atoms with E-state index in [1.165, 1.54) is 12.8 Å². The van der Waals surface area contributed by atoms with Gasteiger partial charge in [0.2, 0.25) is 0 Å². The molecule has 2 rings (SSSR count). The Morgan fingerprint density at radius 2 is 1.80 bits per heavy atom. The maximum atomic E-state index is 12.6. The van der Waals surface area contributed by atoms with Gasteiger partial charge in [0, 0.05) is 32.2 Å². The Morgan fingerprint density at radius 1 is 1.20 bits per heavy atom. The maximum Gasteiger partial charge on any atom is 0.511 e. The van der Waals surface area contributed by atoms with E-state index in [-0.39, 0.29) is 43.1 Å². The minimum Gasteiger partial charge on any atom is -0.357 e. The maximum absolute atomic E-state index is 12.6. The van der Waals surface area contributed by atoms with Crippen LogP contribution in [0.4, 0.5) is 13.2 Å². The van der Waals surface area contributed by atoms with Crippen molar-refractivity contribution in [1.82, 2.24) is 14.9 Å². The number of guanidine groups is 1. The van der Waals surface area contributed by atoms with E-state index in [1.54, 1.807) is 0 Å². The van der Waals surface area contributed by atoms with Gasteiger partial charge in [0.25, 0.3) is 0 Å². The molecule has 0 aromatic carbocycles. The van der Waals surface area contributed by atoms with Gasteiger partial charge in [-0.15, -0.1) is 24.0 Å². The number of alkyl halides is 3. The summed E-state index contributed by atoms with van der Waals surface area (Å²) in [6.45, 7) is 3.08. The molecular weight excluding hydrogens is 472 g/mol. The summed E-state index contributed by atoms with van der Waals surface area (Å²) < 4.78 is 61.0. The molecule has 2 aliphatic rings. The molecular formula is C14H26F3IN4O2S. The van der Waals surface area contributed by atoms with Crippen LogP contribution in [0.25, 0.3) is 0 Å². The minimum atomic E-state index is -5.23. The first kappa shape index (κ1) is 22.7. The number of sulfonamides is 1. The van der Waals surface area contributed by atoms with Crippen LogP contribution >= 0.6 is 24.0 Å². The van der Waals surface area contributed by atoms with Crippen molar-refractivity contribution in [1.29, 1.82) is 0 Å². The molecule has 0 spiro atoms. The lowest BCUT2D eigenvalue weighted by Gasteiger charge is -2.32. The Labute approximate surface area is 164 Å². The largest absolute Gasteiger partial charge is 0.511 e. The quantitative estimate of drug-likeness (QED) is 0.335. The first-order chi connectivity index (χ1) is 11.2. The highest BCUT2D eigenvalue weighted by Crippen LogP contribution is 2.32. The Kier molecular flexibility index (Phi) is 8.72. The number of piperidine rings is 1. The average Bonchev–Trinajstić information content (AvgIpc) is 3.31. The molecule has 0 bridgehead atoms. The van der Waals surface area contributed by atoms with Crippen LogP contribution in [0.2, 0.25) is 0 Å². The molecule has 1 aliphatic heterocycles. The van der Waals surface area contributed by atoms with Crippen LogP contribution in [0.5, 0.6) is 0 Å². The average molecular weight is 498 g/mol.